The molecule has 44 heavy (non-hydrogen) atoms. The van der Waals surface area contributed by atoms with E-state index in [0.717, 1.165) is 63.5 Å². The Morgan fingerprint density at radius 1 is 0.977 bits per heavy atom. The van der Waals surface area contributed by atoms with Crippen molar-refractivity contribution < 1.29 is 23.8 Å². The summed E-state index contributed by atoms with van der Waals surface area (Å²) >= 11 is 0. The second kappa shape index (κ2) is 14.5. The topological polar surface area (TPSA) is 100 Å². The van der Waals surface area contributed by atoms with E-state index in [-0.39, 0.29) is 18.6 Å². The number of ether oxygens (including phenoxy) is 2. The van der Waals surface area contributed by atoms with Gasteiger partial charge in [-0.3, -0.25) is 14.6 Å². The number of hydrogen-bond donors (Lipinski definition) is 2. The SMILES string of the molecule is O=C(NCC(O)CN1CCc2cc(OCc3cnco3)ccc2C1)c1ccc(OC2CCN(Cc3ccccc3)CC2)cc1. The van der Waals surface area contributed by atoms with Gasteiger partial charge in [-0.25, -0.2) is 4.98 Å². The molecule has 1 unspecified atom stereocenters. The Bertz CT molecular complexity index is 1470. The van der Waals surface area contributed by atoms with Gasteiger partial charge >= 0.3 is 0 Å². The van der Waals surface area contributed by atoms with Crippen molar-refractivity contribution in [1.29, 1.82) is 0 Å². The zero-order valence-electron chi connectivity index (χ0n) is 24.9. The molecule has 6 rings (SSSR count). The maximum absolute atomic E-state index is 12.7. The minimum atomic E-state index is -0.666. The number of rotatable bonds is 12. The van der Waals surface area contributed by atoms with E-state index < -0.39 is 6.10 Å². The Hall–Kier alpha value is -4.18. The Labute approximate surface area is 258 Å². The van der Waals surface area contributed by atoms with Gasteiger partial charge < -0.3 is 24.3 Å². The van der Waals surface area contributed by atoms with Crippen molar-refractivity contribution in [2.24, 2.45) is 0 Å². The second-order valence-electron chi connectivity index (χ2n) is 11.6. The fourth-order valence-electron chi connectivity index (χ4n) is 5.88. The number of aromatic nitrogens is 1. The predicted molar refractivity (Wildman–Crippen MR) is 166 cm³/mol. The Balaban J connectivity index is 0.895. The molecule has 1 amide bonds. The highest BCUT2D eigenvalue weighted by Gasteiger charge is 2.22. The molecule has 1 aromatic heterocycles. The van der Waals surface area contributed by atoms with E-state index in [0.29, 0.717) is 24.5 Å². The molecular formula is C35H40N4O5. The molecule has 1 saturated heterocycles. The van der Waals surface area contributed by atoms with Crippen molar-refractivity contribution in [1.82, 2.24) is 20.1 Å². The van der Waals surface area contributed by atoms with Gasteiger partial charge in [0.15, 0.2) is 12.2 Å². The molecule has 9 nitrogen and oxygen atoms in total. The van der Waals surface area contributed by atoms with Gasteiger partial charge in [0, 0.05) is 51.4 Å². The van der Waals surface area contributed by atoms with E-state index in [1.165, 1.54) is 23.1 Å². The van der Waals surface area contributed by atoms with Gasteiger partial charge in [0.25, 0.3) is 5.91 Å². The van der Waals surface area contributed by atoms with Gasteiger partial charge in [0.05, 0.1) is 12.3 Å². The van der Waals surface area contributed by atoms with E-state index in [2.05, 4.69) is 56.5 Å². The number of carbonyl (C=O) groups is 1. The number of nitrogens with one attached hydrogen (secondary N) is 1. The van der Waals surface area contributed by atoms with E-state index in [4.69, 9.17) is 13.9 Å². The van der Waals surface area contributed by atoms with Crippen LogP contribution >= 0.6 is 0 Å². The van der Waals surface area contributed by atoms with Gasteiger partial charge in [-0.05, 0) is 72.4 Å². The van der Waals surface area contributed by atoms with E-state index in [9.17, 15) is 9.90 Å². The lowest BCUT2D eigenvalue weighted by Crippen LogP contribution is -2.42. The first-order valence-electron chi connectivity index (χ1n) is 15.4. The first kappa shape index (κ1) is 29.9. The van der Waals surface area contributed by atoms with Crippen molar-refractivity contribution in [3.8, 4) is 11.5 Å². The third-order valence-corrected chi connectivity index (χ3v) is 8.30. The highest BCUT2D eigenvalue weighted by atomic mass is 16.5. The summed E-state index contributed by atoms with van der Waals surface area (Å²) < 4.78 is 17.3. The molecular weight excluding hydrogens is 556 g/mol. The van der Waals surface area contributed by atoms with Gasteiger partial charge in [-0.1, -0.05) is 36.4 Å². The van der Waals surface area contributed by atoms with E-state index in [1.807, 2.05) is 24.3 Å². The summed E-state index contributed by atoms with van der Waals surface area (Å²) in [4.78, 5) is 21.3. The van der Waals surface area contributed by atoms with Crippen molar-refractivity contribution in [2.45, 2.75) is 51.2 Å². The number of hydrogen-bond acceptors (Lipinski definition) is 8. The van der Waals surface area contributed by atoms with E-state index >= 15 is 0 Å². The summed E-state index contributed by atoms with van der Waals surface area (Å²) in [5.74, 6) is 2.06. The molecule has 9 heteroatoms. The zero-order chi connectivity index (χ0) is 30.1. The quantitative estimate of drug-likeness (QED) is 0.248. The summed E-state index contributed by atoms with van der Waals surface area (Å²) in [6, 6.07) is 24.0. The molecule has 230 valence electrons. The molecule has 0 aliphatic carbocycles. The van der Waals surface area contributed by atoms with Crippen LogP contribution in [0.2, 0.25) is 0 Å². The number of oxazole rings is 1. The molecule has 2 N–H and O–H groups in total. The summed E-state index contributed by atoms with van der Waals surface area (Å²) in [5.41, 5.74) is 4.36. The summed E-state index contributed by atoms with van der Waals surface area (Å²) in [6.07, 6.45) is 5.39. The molecule has 0 radical (unpaired) electrons. The molecule has 0 spiro atoms. The molecule has 3 aromatic carbocycles. The van der Waals surface area contributed by atoms with Gasteiger partial charge in [-0.15, -0.1) is 0 Å². The number of nitrogens with zero attached hydrogens (tertiary/aromatic N) is 3. The summed E-state index contributed by atoms with van der Waals surface area (Å²) in [6.45, 7) is 5.59. The fourth-order valence-corrected chi connectivity index (χ4v) is 5.88. The number of piperidine rings is 1. The van der Waals surface area contributed by atoms with Crippen LogP contribution in [0.3, 0.4) is 0 Å². The molecule has 4 aromatic rings. The maximum atomic E-state index is 12.7. The molecule has 3 heterocycles. The number of β-amino-alcohol motifs (C(OH)–C–C–N with tert-alkyl or cyclic N) is 1. The number of aliphatic hydroxyl groups excluding tert-OH is 1. The number of benzene rings is 3. The number of carbonyl (C=O) groups excluding carboxylic acids is 1. The minimum absolute atomic E-state index is 0.180. The van der Waals surface area contributed by atoms with Crippen LogP contribution in [0.15, 0.2) is 89.8 Å². The number of aliphatic hydroxyl groups is 1. The molecule has 0 saturated carbocycles. The lowest BCUT2D eigenvalue weighted by molar-refractivity contribution is 0.0841. The van der Waals surface area contributed by atoms with Crippen LogP contribution in [-0.2, 0) is 26.1 Å². The average Bonchev–Trinajstić information content (AvgIpc) is 3.58. The Kier molecular flexibility index (Phi) is 9.86. The van der Waals surface area contributed by atoms with E-state index in [1.54, 1.807) is 18.3 Å². The van der Waals surface area contributed by atoms with Gasteiger partial charge in [0.2, 0.25) is 0 Å². The minimum Gasteiger partial charge on any atom is -0.490 e. The summed E-state index contributed by atoms with van der Waals surface area (Å²) in [5, 5.41) is 13.5. The first-order chi connectivity index (χ1) is 21.6. The summed E-state index contributed by atoms with van der Waals surface area (Å²) in [7, 11) is 0. The largest absolute Gasteiger partial charge is 0.490 e. The third-order valence-electron chi connectivity index (χ3n) is 8.30. The lowest BCUT2D eigenvalue weighted by atomic mass is 9.99. The average molecular weight is 597 g/mol. The first-order valence-corrected chi connectivity index (χ1v) is 15.4. The maximum Gasteiger partial charge on any atom is 0.251 e. The number of fused-ring (bicyclic) bond motifs is 1. The normalized spacial score (nSPS) is 16.7. The van der Waals surface area contributed by atoms with Crippen LogP contribution in [0.25, 0.3) is 0 Å². The van der Waals surface area contributed by atoms with Crippen LogP contribution in [-0.4, -0.2) is 70.7 Å². The standard InChI is InChI=1S/C35H40N4O5/c40-30(23-39-15-12-28-18-33(11-8-29(28)22-39)42-24-34-20-36-25-43-34)19-37-35(41)27-6-9-31(10-7-27)44-32-13-16-38(17-14-32)21-26-4-2-1-3-5-26/h1-11,18,20,25,30,32,40H,12-17,19,21-24H2,(H,37,41). The van der Waals surface area contributed by atoms with Crippen LogP contribution in [0.1, 0.15) is 45.7 Å². The van der Waals surface area contributed by atoms with Crippen molar-refractivity contribution >= 4 is 5.91 Å². The van der Waals surface area contributed by atoms with Gasteiger partial charge in [0.1, 0.15) is 24.2 Å². The number of amides is 1. The molecule has 1 atom stereocenters. The van der Waals surface area contributed by atoms with Crippen LogP contribution < -0.4 is 14.8 Å². The molecule has 0 bridgehead atoms. The lowest BCUT2D eigenvalue weighted by Gasteiger charge is -2.32. The monoisotopic (exact) mass is 596 g/mol. The van der Waals surface area contributed by atoms with Crippen molar-refractivity contribution in [3.63, 3.8) is 0 Å². The Morgan fingerprint density at radius 2 is 1.77 bits per heavy atom. The van der Waals surface area contributed by atoms with Crippen LogP contribution in [0.5, 0.6) is 11.5 Å². The number of likely N-dealkylation sites (tertiary alicyclic amines) is 1. The van der Waals surface area contributed by atoms with Crippen molar-refractivity contribution in [2.75, 3.05) is 32.7 Å². The third kappa shape index (κ3) is 8.25. The highest BCUT2D eigenvalue weighted by Crippen LogP contribution is 2.25. The highest BCUT2D eigenvalue weighted by molar-refractivity contribution is 5.94. The molecule has 2 aliphatic heterocycles. The smallest absolute Gasteiger partial charge is 0.251 e. The molecule has 2 aliphatic rings. The zero-order valence-corrected chi connectivity index (χ0v) is 24.9. The van der Waals surface area contributed by atoms with Crippen molar-refractivity contribution in [3.05, 3.63) is 113 Å². The Morgan fingerprint density at radius 3 is 2.55 bits per heavy atom. The van der Waals surface area contributed by atoms with Gasteiger partial charge in [-0.2, -0.15) is 0 Å². The van der Waals surface area contributed by atoms with Crippen LogP contribution in [0.4, 0.5) is 0 Å². The second-order valence-corrected chi connectivity index (χ2v) is 11.6. The van der Waals surface area contributed by atoms with Crippen LogP contribution in [0, 0.1) is 0 Å². The predicted octanol–water partition coefficient (Wildman–Crippen LogP) is 4.45. The molecule has 1 fully saturated rings. The fraction of sp³-hybridized carbons (Fsp3) is 0.371.